The Morgan fingerprint density at radius 2 is 1.20 bits per heavy atom. The average Bonchev–Trinajstić information content (AvgIpc) is 3.29. The minimum atomic E-state index is -3.33. The van der Waals surface area contributed by atoms with Gasteiger partial charge in [-0.05, 0) is 67.1 Å². The molecule has 196 valence electrons. The fourth-order valence-electron chi connectivity index (χ4n) is 6.73. The van der Waals surface area contributed by atoms with Crippen molar-refractivity contribution in [1.29, 1.82) is 0 Å². The van der Waals surface area contributed by atoms with Crippen LogP contribution in [0.5, 0.6) is 23.0 Å². The van der Waals surface area contributed by atoms with Gasteiger partial charge in [0.25, 0.3) is 0 Å². The number of benzene rings is 6. The predicted molar refractivity (Wildman–Crippen MR) is 167 cm³/mol. The number of hydrogen-bond acceptors (Lipinski definition) is 3. The van der Waals surface area contributed by atoms with E-state index in [9.17, 15) is 0 Å². The molecule has 0 saturated heterocycles. The molecule has 0 aliphatic carbocycles. The third-order valence-electron chi connectivity index (χ3n) is 8.50. The van der Waals surface area contributed by atoms with Gasteiger partial charge in [-0.25, -0.2) is 0 Å². The first kappa shape index (κ1) is 23.0. The highest BCUT2D eigenvalue weighted by atomic mass is 31.2. The van der Waals surface area contributed by atoms with Crippen molar-refractivity contribution in [2.75, 3.05) is 0 Å². The van der Waals surface area contributed by atoms with Crippen molar-refractivity contribution >= 4 is 55.6 Å². The van der Waals surface area contributed by atoms with Crippen molar-refractivity contribution in [1.82, 2.24) is 4.57 Å². The number of nitrogens with zero attached hydrogens (tertiary/aromatic N) is 1. The molecule has 1 atom stereocenters. The summed E-state index contributed by atoms with van der Waals surface area (Å²) < 4.78 is 31.1. The molecule has 0 unspecified atom stereocenters. The molecule has 0 amide bonds. The largest absolute Gasteiger partial charge is 0.456 e. The van der Waals surface area contributed by atoms with E-state index < -0.39 is 7.14 Å². The van der Waals surface area contributed by atoms with Crippen LogP contribution >= 0.6 is 7.14 Å². The predicted octanol–water partition coefficient (Wildman–Crippen LogP) is 8.40. The Morgan fingerprint density at radius 1 is 0.561 bits per heavy atom. The normalized spacial score (nSPS) is 16.6. The SMILES string of the molecule is Cc1ccc2c(c1)c1cc(C)ccc1n2-c1cc2c3c(c1)Oc1ccc4ccccc4c1[P@]3(=O)c1ccccc1O2. The molecule has 0 fully saturated rings. The van der Waals surface area contributed by atoms with Crippen molar-refractivity contribution in [3.63, 3.8) is 0 Å². The smallest absolute Gasteiger partial charge is 0.186 e. The van der Waals surface area contributed by atoms with E-state index in [4.69, 9.17) is 9.47 Å². The van der Waals surface area contributed by atoms with E-state index in [0.717, 1.165) is 32.8 Å². The lowest BCUT2D eigenvalue weighted by molar-refractivity contribution is 0.462. The van der Waals surface area contributed by atoms with Crippen molar-refractivity contribution in [3.05, 3.63) is 120 Å². The summed E-state index contributed by atoms with van der Waals surface area (Å²) in [6.07, 6.45) is 0. The van der Waals surface area contributed by atoms with Gasteiger partial charge >= 0.3 is 0 Å². The maximum Gasteiger partial charge on any atom is 0.186 e. The molecule has 6 aromatic carbocycles. The molecule has 4 nitrogen and oxygen atoms in total. The van der Waals surface area contributed by atoms with Crippen molar-refractivity contribution in [3.8, 4) is 28.7 Å². The molecule has 9 rings (SSSR count). The topological polar surface area (TPSA) is 40.5 Å². The van der Waals surface area contributed by atoms with Crippen LogP contribution in [0.1, 0.15) is 11.1 Å². The molecule has 1 aromatic heterocycles. The van der Waals surface area contributed by atoms with E-state index in [1.807, 2.05) is 66.7 Å². The Hall–Kier alpha value is -4.79. The standard InChI is InChI=1S/C36H24NO3P/c1-21-11-14-28-26(17-21)27-18-22(2)12-15-29(27)37(28)24-19-32-36-33(20-24)40-31-16-13-23-7-3-4-8-25(23)35(31)41(36,38)34-10-6-5-9-30(34)39-32/h3-20H,1-2H3/t41-/m1/s1. The fourth-order valence-corrected chi connectivity index (χ4v) is 9.97. The van der Waals surface area contributed by atoms with Gasteiger partial charge in [-0.15, -0.1) is 0 Å². The Kier molecular flexibility index (Phi) is 4.43. The fraction of sp³-hybridized carbons (Fsp3) is 0.0556. The highest BCUT2D eigenvalue weighted by Crippen LogP contribution is 2.59. The summed E-state index contributed by atoms with van der Waals surface area (Å²) in [5, 5.41) is 6.47. The average molecular weight is 550 g/mol. The maximum absolute atomic E-state index is 15.7. The number of aryl methyl sites for hydroxylation is 2. The summed E-state index contributed by atoms with van der Waals surface area (Å²) in [6, 6.07) is 37.0. The van der Waals surface area contributed by atoms with Gasteiger partial charge in [0.15, 0.2) is 7.14 Å². The Balaban J connectivity index is 1.39. The van der Waals surface area contributed by atoms with E-state index >= 15 is 4.57 Å². The number of aromatic nitrogens is 1. The summed E-state index contributed by atoms with van der Waals surface area (Å²) in [5.74, 6) is 2.41. The van der Waals surface area contributed by atoms with Gasteiger partial charge in [-0.2, -0.15) is 0 Å². The van der Waals surface area contributed by atoms with E-state index in [2.05, 4.69) is 60.9 Å². The van der Waals surface area contributed by atoms with Crippen LogP contribution in [-0.2, 0) is 4.57 Å². The minimum absolute atomic E-state index is 0.576. The summed E-state index contributed by atoms with van der Waals surface area (Å²) >= 11 is 0. The lowest BCUT2D eigenvalue weighted by Crippen LogP contribution is -2.35. The van der Waals surface area contributed by atoms with Crippen LogP contribution in [0.2, 0.25) is 0 Å². The van der Waals surface area contributed by atoms with E-state index in [0.29, 0.717) is 33.6 Å². The molecule has 0 N–H and O–H groups in total. The highest BCUT2D eigenvalue weighted by Gasteiger charge is 2.47. The number of rotatable bonds is 1. The second-order valence-corrected chi connectivity index (χ2v) is 13.7. The summed E-state index contributed by atoms with van der Waals surface area (Å²) in [7, 11) is -3.33. The van der Waals surface area contributed by atoms with Crippen LogP contribution in [0.25, 0.3) is 38.3 Å². The lowest BCUT2D eigenvalue weighted by atomic mass is 10.1. The third kappa shape index (κ3) is 2.98. The van der Waals surface area contributed by atoms with Gasteiger partial charge in [-0.3, -0.25) is 0 Å². The van der Waals surface area contributed by atoms with Gasteiger partial charge in [0.1, 0.15) is 28.3 Å². The summed E-state index contributed by atoms with van der Waals surface area (Å²) in [4.78, 5) is 0. The zero-order valence-corrected chi connectivity index (χ0v) is 23.4. The first-order chi connectivity index (χ1) is 20.0. The number of ether oxygens (including phenoxy) is 2. The molecule has 0 bridgehead atoms. The molecule has 7 aromatic rings. The van der Waals surface area contributed by atoms with E-state index in [-0.39, 0.29) is 0 Å². The number of para-hydroxylation sites is 1. The molecular formula is C36H24NO3P. The van der Waals surface area contributed by atoms with Gasteiger partial charge < -0.3 is 18.6 Å². The van der Waals surface area contributed by atoms with Crippen LogP contribution in [0, 0.1) is 13.8 Å². The Bertz CT molecular complexity index is 2250. The van der Waals surface area contributed by atoms with Gasteiger partial charge in [0.2, 0.25) is 0 Å². The summed E-state index contributed by atoms with van der Waals surface area (Å²) in [6.45, 7) is 4.25. The van der Waals surface area contributed by atoms with Gasteiger partial charge in [0.05, 0.1) is 27.3 Å². The van der Waals surface area contributed by atoms with Crippen LogP contribution in [0.3, 0.4) is 0 Å². The highest BCUT2D eigenvalue weighted by molar-refractivity contribution is 7.86. The Labute approximate surface area is 236 Å². The van der Waals surface area contributed by atoms with Gasteiger partial charge in [-0.1, -0.05) is 65.7 Å². The van der Waals surface area contributed by atoms with Crippen molar-refractivity contribution < 1.29 is 14.0 Å². The zero-order valence-electron chi connectivity index (χ0n) is 22.5. The van der Waals surface area contributed by atoms with Gasteiger partial charge in [0, 0.05) is 22.9 Å². The van der Waals surface area contributed by atoms with Crippen LogP contribution < -0.4 is 25.4 Å². The molecule has 5 heteroatoms. The van der Waals surface area contributed by atoms with Crippen LogP contribution in [0.15, 0.2) is 109 Å². The van der Waals surface area contributed by atoms with Crippen molar-refractivity contribution in [2.45, 2.75) is 13.8 Å². The monoisotopic (exact) mass is 549 g/mol. The molecule has 2 aliphatic heterocycles. The third-order valence-corrected chi connectivity index (χ3v) is 11.7. The number of fused-ring (bicyclic) bond motifs is 9. The maximum atomic E-state index is 15.7. The van der Waals surface area contributed by atoms with Crippen LogP contribution in [0.4, 0.5) is 0 Å². The molecule has 3 heterocycles. The minimum Gasteiger partial charge on any atom is -0.456 e. The zero-order chi connectivity index (χ0) is 27.5. The molecule has 2 aliphatic rings. The van der Waals surface area contributed by atoms with E-state index in [1.54, 1.807) is 0 Å². The second-order valence-electron chi connectivity index (χ2n) is 11.1. The second kappa shape index (κ2) is 7.90. The number of hydrogen-bond donors (Lipinski definition) is 0. The molecule has 0 spiro atoms. The molecule has 0 radical (unpaired) electrons. The first-order valence-electron chi connectivity index (χ1n) is 13.8. The summed E-state index contributed by atoms with van der Waals surface area (Å²) in [5.41, 5.74) is 5.54. The van der Waals surface area contributed by atoms with Crippen LogP contribution in [-0.4, -0.2) is 4.57 Å². The quantitative estimate of drug-likeness (QED) is 0.193. The molecule has 41 heavy (non-hydrogen) atoms. The first-order valence-corrected chi connectivity index (χ1v) is 15.5. The van der Waals surface area contributed by atoms with E-state index in [1.165, 1.54) is 21.9 Å². The Morgan fingerprint density at radius 3 is 1.93 bits per heavy atom. The molecular weight excluding hydrogens is 525 g/mol. The lowest BCUT2D eigenvalue weighted by Gasteiger charge is -2.35. The molecule has 0 saturated carbocycles. The van der Waals surface area contributed by atoms with Crippen molar-refractivity contribution in [2.24, 2.45) is 0 Å².